The van der Waals surface area contributed by atoms with E-state index in [0.29, 0.717) is 0 Å². The second-order valence-corrected chi connectivity index (χ2v) is 3.79. The molecule has 0 fully saturated rings. The molecule has 1 aromatic rings. The second-order valence-electron chi connectivity index (χ2n) is 2.94. The van der Waals surface area contributed by atoms with E-state index in [2.05, 4.69) is 32.8 Å². The van der Waals surface area contributed by atoms with Crippen LogP contribution in [0.15, 0.2) is 35.0 Å². The summed E-state index contributed by atoms with van der Waals surface area (Å²) in [5, 5.41) is 3.17. The molecule has 1 heterocycles. The Balaban J connectivity index is 3.04. The summed E-state index contributed by atoms with van der Waals surface area (Å²) in [6, 6.07) is 4.00. The summed E-state index contributed by atoms with van der Waals surface area (Å²) < 4.78 is 1.01. The highest BCUT2D eigenvalue weighted by molar-refractivity contribution is 9.10. The molecule has 13 heavy (non-hydrogen) atoms. The lowest BCUT2D eigenvalue weighted by molar-refractivity contribution is 0.656. The highest BCUT2D eigenvalue weighted by Crippen LogP contribution is 2.24. The molecule has 0 aliphatic heterocycles. The molecule has 70 valence electrons. The SMILES string of the molecule is C=C(C)C(NC)c1ncccc1Br. The van der Waals surface area contributed by atoms with E-state index in [4.69, 9.17) is 0 Å². The summed E-state index contributed by atoms with van der Waals surface area (Å²) in [6.07, 6.45) is 1.79. The van der Waals surface area contributed by atoms with Crippen LogP contribution in [-0.4, -0.2) is 12.0 Å². The van der Waals surface area contributed by atoms with Crippen LogP contribution in [-0.2, 0) is 0 Å². The average molecular weight is 241 g/mol. The van der Waals surface area contributed by atoms with Crippen LogP contribution in [0.1, 0.15) is 18.7 Å². The lowest BCUT2D eigenvalue weighted by Gasteiger charge is -2.16. The fourth-order valence-corrected chi connectivity index (χ4v) is 1.71. The number of hydrogen-bond acceptors (Lipinski definition) is 2. The van der Waals surface area contributed by atoms with Crippen LogP contribution < -0.4 is 5.32 Å². The summed E-state index contributed by atoms with van der Waals surface area (Å²) >= 11 is 3.46. The normalized spacial score (nSPS) is 12.5. The van der Waals surface area contributed by atoms with Crippen molar-refractivity contribution in [1.82, 2.24) is 10.3 Å². The quantitative estimate of drug-likeness (QED) is 0.823. The van der Waals surface area contributed by atoms with E-state index in [1.807, 2.05) is 26.1 Å². The highest BCUT2D eigenvalue weighted by atomic mass is 79.9. The number of nitrogens with one attached hydrogen (secondary N) is 1. The molecule has 1 aromatic heterocycles. The molecule has 0 aromatic carbocycles. The minimum absolute atomic E-state index is 0.121. The number of aromatic nitrogens is 1. The fourth-order valence-electron chi connectivity index (χ4n) is 1.23. The van der Waals surface area contributed by atoms with Gasteiger partial charge in [-0.1, -0.05) is 12.2 Å². The summed E-state index contributed by atoms with van der Waals surface area (Å²) in [4.78, 5) is 4.30. The van der Waals surface area contributed by atoms with Gasteiger partial charge in [0.2, 0.25) is 0 Å². The summed E-state index contributed by atoms with van der Waals surface area (Å²) in [5.41, 5.74) is 2.04. The van der Waals surface area contributed by atoms with Crippen LogP contribution in [0.4, 0.5) is 0 Å². The van der Waals surface area contributed by atoms with E-state index in [1.165, 1.54) is 0 Å². The van der Waals surface area contributed by atoms with Crippen LogP contribution in [0.2, 0.25) is 0 Å². The summed E-state index contributed by atoms with van der Waals surface area (Å²) in [5.74, 6) is 0. The molecule has 2 nitrogen and oxygen atoms in total. The van der Waals surface area contributed by atoms with Crippen molar-refractivity contribution in [2.24, 2.45) is 0 Å². The van der Waals surface area contributed by atoms with Crippen molar-refractivity contribution in [3.05, 3.63) is 40.6 Å². The Morgan fingerprint density at radius 3 is 2.85 bits per heavy atom. The maximum atomic E-state index is 4.30. The van der Waals surface area contributed by atoms with Crippen LogP contribution in [0.5, 0.6) is 0 Å². The van der Waals surface area contributed by atoms with Crippen molar-refractivity contribution in [3.63, 3.8) is 0 Å². The third-order valence-electron chi connectivity index (χ3n) is 1.84. The Morgan fingerprint density at radius 2 is 2.38 bits per heavy atom. The van der Waals surface area contributed by atoms with E-state index >= 15 is 0 Å². The summed E-state index contributed by atoms with van der Waals surface area (Å²) in [7, 11) is 1.90. The van der Waals surface area contributed by atoms with Gasteiger partial charge in [-0.3, -0.25) is 4.98 Å². The first-order valence-corrected chi connectivity index (χ1v) is 4.89. The largest absolute Gasteiger partial charge is 0.308 e. The van der Waals surface area contributed by atoms with Gasteiger partial charge in [-0.05, 0) is 42.0 Å². The van der Waals surface area contributed by atoms with Crippen LogP contribution in [0, 0.1) is 0 Å². The zero-order valence-electron chi connectivity index (χ0n) is 7.84. The molecule has 0 amide bonds. The van der Waals surface area contributed by atoms with E-state index in [-0.39, 0.29) is 6.04 Å². The van der Waals surface area contributed by atoms with E-state index in [0.717, 1.165) is 15.7 Å². The minimum Gasteiger partial charge on any atom is -0.308 e. The Bertz CT molecular complexity index is 310. The monoisotopic (exact) mass is 240 g/mol. The van der Waals surface area contributed by atoms with E-state index in [9.17, 15) is 0 Å². The average Bonchev–Trinajstić information content (AvgIpc) is 2.09. The third kappa shape index (κ3) is 2.39. The molecule has 1 N–H and O–H groups in total. The van der Waals surface area contributed by atoms with Gasteiger partial charge in [0.25, 0.3) is 0 Å². The molecule has 0 spiro atoms. The Labute approximate surface area is 87.2 Å². The van der Waals surface area contributed by atoms with Gasteiger partial charge < -0.3 is 5.32 Å². The molecule has 3 heteroatoms. The van der Waals surface area contributed by atoms with Gasteiger partial charge in [0.1, 0.15) is 0 Å². The number of halogens is 1. The standard InChI is InChI=1S/C10H13BrN2/c1-7(2)9(12-3)10-8(11)5-4-6-13-10/h4-6,9,12H,1H2,2-3H3. The van der Waals surface area contributed by atoms with Crippen molar-refractivity contribution in [3.8, 4) is 0 Å². The summed E-state index contributed by atoms with van der Waals surface area (Å²) in [6.45, 7) is 5.91. The fraction of sp³-hybridized carbons (Fsp3) is 0.300. The Hall–Kier alpha value is -0.670. The lowest BCUT2D eigenvalue weighted by Crippen LogP contribution is -2.18. The van der Waals surface area contributed by atoms with Crippen molar-refractivity contribution in [1.29, 1.82) is 0 Å². The molecule has 1 rings (SSSR count). The van der Waals surface area contributed by atoms with Gasteiger partial charge in [0.15, 0.2) is 0 Å². The molecule has 1 atom stereocenters. The van der Waals surface area contributed by atoms with Crippen molar-refractivity contribution in [2.45, 2.75) is 13.0 Å². The van der Waals surface area contributed by atoms with Gasteiger partial charge in [-0.2, -0.15) is 0 Å². The van der Waals surface area contributed by atoms with Gasteiger partial charge in [0.05, 0.1) is 11.7 Å². The number of rotatable bonds is 3. The van der Waals surface area contributed by atoms with Gasteiger partial charge in [-0.25, -0.2) is 0 Å². The number of likely N-dealkylation sites (N-methyl/N-ethyl adjacent to an activating group) is 1. The van der Waals surface area contributed by atoms with Crippen molar-refractivity contribution >= 4 is 15.9 Å². The first-order chi connectivity index (χ1) is 6.16. The Morgan fingerprint density at radius 1 is 1.69 bits per heavy atom. The highest BCUT2D eigenvalue weighted by Gasteiger charge is 2.13. The second kappa shape index (κ2) is 4.53. The molecular weight excluding hydrogens is 228 g/mol. The predicted octanol–water partition coefficient (Wildman–Crippen LogP) is 2.68. The maximum absolute atomic E-state index is 4.30. The van der Waals surface area contributed by atoms with Gasteiger partial charge in [-0.15, -0.1) is 0 Å². The maximum Gasteiger partial charge on any atom is 0.0756 e. The first-order valence-electron chi connectivity index (χ1n) is 4.10. The number of nitrogens with zero attached hydrogens (tertiary/aromatic N) is 1. The van der Waals surface area contributed by atoms with Crippen LogP contribution in [0.25, 0.3) is 0 Å². The molecular formula is C10H13BrN2. The van der Waals surface area contributed by atoms with E-state index < -0.39 is 0 Å². The first kappa shape index (κ1) is 10.4. The smallest absolute Gasteiger partial charge is 0.0756 e. The van der Waals surface area contributed by atoms with E-state index in [1.54, 1.807) is 6.20 Å². The van der Waals surface area contributed by atoms with Crippen LogP contribution >= 0.6 is 15.9 Å². The number of hydrogen-bond donors (Lipinski definition) is 1. The molecule has 0 radical (unpaired) electrons. The molecule has 0 bridgehead atoms. The topological polar surface area (TPSA) is 24.9 Å². The van der Waals surface area contributed by atoms with Gasteiger partial charge >= 0.3 is 0 Å². The zero-order valence-corrected chi connectivity index (χ0v) is 9.43. The molecule has 0 aliphatic carbocycles. The third-order valence-corrected chi connectivity index (χ3v) is 2.51. The minimum atomic E-state index is 0.121. The molecule has 1 unspecified atom stereocenters. The molecule has 0 saturated carbocycles. The van der Waals surface area contributed by atoms with Crippen LogP contribution in [0.3, 0.4) is 0 Å². The number of pyridine rings is 1. The lowest BCUT2D eigenvalue weighted by atomic mass is 10.1. The van der Waals surface area contributed by atoms with Crippen molar-refractivity contribution in [2.75, 3.05) is 7.05 Å². The van der Waals surface area contributed by atoms with Crippen molar-refractivity contribution < 1.29 is 0 Å². The van der Waals surface area contributed by atoms with Gasteiger partial charge in [0, 0.05) is 10.7 Å². The predicted molar refractivity (Wildman–Crippen MR) is 58.6 cm³/mol. The zero-order chi connectivity index (χ0) is 9.84. The molecule has 0 aliphatic rings. The Kier molecular flexibility index (Phi) is 3.63. The molecule has 0 saturated heterocycles.